The molecule has 2 N–H and O–H groups in total. The van der Waals surface area contributed by atoms with Crippen molar-refractivity contribution in [3.63, 3.8) is 0 Å². The van der Waals surface area contributed by atoms with Gasteiger partial charge >= 0.3 is 27.6 Å². The van der Waals surface area contributed by atoms with E-state index in [2.05, 4.69) is 17.5 Å². The number of phosphoric acid groups is 2. The van der Waals surface area contributed by atoms with Gasteiger partial charge in [-0.15, -0.1) is 0 Å². The molecule has 0 heterocycles. The van der Waals surface area contributed by atoms with Crippen molar-refractivity contribution in [1.29, 1.82) is 0 Å². The van der Waals surface area contributed by atoms with E-state index >= 15 is 0 Å². The Morgan fingerprint density at radius 1 is 0.815 bits per heavy atom. The van der Waals surface area contributed by atoms with E-state index < -0.39 is 27.6 Å². The third kappa shape index (κ3) is 13.5. The molecule has 0 aromatic heterocycles. The van der Waals surface area contributed by atoms with E-state index in [9.17, 15) is 18.7 Å². The number of hydrogen-bond acceptors (Lipinski definition) is 9. The molecule has 0 aliphatic rings. The van der Waals surface area contributed by atoms with E-state index in [0.717, 1.165) is 0 Å². The molecular formula is C14H24O11P2. The van der Waals surface area contributed by atoms with Crippen LogP contribution in [0.25, 0.3) is 0 Å². The van der Waals surface area contributed by atoms with Crippen molar-refractivity contribution < 1.29 is 51.3 Å². The molecule has 0 rings (SSSR count). The molecule has 0 unspecified atom stereocenters. The number of phosphoric ester groups is 1. The molecule has 156 valence electrons. The van der Waals surface area contributed by atoms with Gasteiger partial charge in [-0.25, -0.2) is 18.7 Å². The molecule has 0 fully saturated rings. The molecule has 0 radical (unpaired) electrons. The molecule has 0 bridgehead atoms. The van der Waals surface area contributed by atoms with Gasteiger partial charge < -0.3 is 19.3 Å². The quantitative estimate of drug-likeness (QED) is 0.180. The van der Waals surface area contributed by atoms with Crippen molar-refractivity contribution >= 4 is 27.6 Å². The van der Waals surface area contributed by atoms with Crippen LogP contribution in [0.2, 0.25) is 0 Å². The number of carbonyl (C=O) groups is 2. The number of rotatable bonds is 14. The highest BCUT2D eigenvalue weighted by molar-refractivity contribution is 7.61. The Bertz CT molecular complexity index is 597. The van der Waals surface area contributed by atoms with Crippen molar-refractivity contribution in [2.24, 2.45) is 0 Å². The minimum atomic E-state index is -5.16. The first-order valence-corrected chi connectivity index (χ1v) is 10.7. The number of carbonyl (C=O) groups excluding carboxylic acids is 2. The largest absolute Gasteiger partial charge is 0.483 e. The van der Waals surface area contributed by atoms with Crippen LogP contribution in [0.1, 0.15) is 26.7 Å². The Hall–Kier alpha value is -1.32. The van der Waals surface area contributed by atoms with Crippen LogP contribution in [-0.4, -0.2) is 48.2 Å². The van der Waals surface area contributed by atoms with Gasteiger partial charge in [0.1, 0.15) is 0 Å². The summed E-state index contributed by atoms with van der Waals surface area (Å²) in [5.41, 5.74) is 0.393. The predicted molar refractivity (Wildman–Crippen MR) is 93.4 cm³/mol. The molecule has 0 saturated carbocycles. The third-order valence-corrected chi connectivity index (χ3v) is 5.09. The third-order valence-electron chi connectivity index (χ3n) is 2.45. The monoisotopic (exact) mass is 430 g/mol. The zero-order chi connectivity index (χ0) is 21.1. The minimum Gasteiger partial charge on any atom is -0.462 e. The van der Waals surface area contributed by atoms with E-state index in [-0.39, 0.29) is 50.4 Å². The number of esters is 2. The van der Waals surface area contributed by atoms with Crippen LogP contribution in [-0.2, 0) is 41.6 Å². The van der Waals surface area contributed by atoms with Gasteiger partial charge in [0.05, 0.1) is 26.4 Å². The fourth-order valence-corrected chi connectivity index (χ4v) is 3.46. The zero-order valence-electron chi connectivity index (χ0n) is 15.1. The first kappa shape index (κ1) is 25.7. The van der Waals surface area contributed by atoms with Crippen LogP contribution in [0.5, 0.6) is 0 Å². The molecule has 0 aromatic rings. The van der Waals surface area contributed by atoms with Gasteiger partial charge in [-0.05, 0) is 13.8 Å². The molecule has 0 saturated heterocycles. The first-order chi connectivity index (χ1) is 12.4. The number of ether oxygens (including phenoxy) is 2. The molecule has 0 aliphatic heterocycles. The molecule has 0 amide bonds. The topological polar surface area (TPSA) is 155 Å². The molecule has 0 aromatic carbocycles. The molecule has 13 heteroatoms. The van der Waals surface area contributed by atoms with Crippen LogP contribution in [0.3, 0.4) is 0 Å². The van der Waals surface area contributed by atoms with Gasteiger partial charge in [-0.1, -0.05) is 13.2 Å². The second-order valence-electron chi connectivity index (χ2n) is 5.23. The highest BCUT2D eigenvalue weighted by atomic mass is 31.3. The van der Waals surface area contributed by atoms with Crippen molar-refractivity contribution in [3.05, 3.63) is 24.3 Å². The van der Waals surface area contributed by atoms with Gasteiger partial charge in [0.15, 0.2) is 0 Å². The molecule has 27 heavy (non-hydrogen) atoms. The zero-order valence-corrected chi connectivity index (χ0v) is 16.9. The van der Waals surface area contributed by atoms with Gasteiger partial charge in [-0.2, -0.15) is 4.31 Å². The highest BCUT2D eigenvalue weighted by Crippen LogP contribution is 2.61. The molecule has 0 aliphatic carbocycles. The summed E-state index contributed by atoms with van der Waals surface area (Å²) in [6, 6.07) is 0. The average Bonchev–Trinajstić information content (AvgIpc) is 2.51. The average molecular weight is 430 g/mol. The maximum atomic E-state index is 12.2. The maximum Gasteiger partial charge on any atom is 0.483 e. The second kappa shape index (κ2) is 12.2. The van der Waals surface area contributed by atoms with Crippen LogP contribution in [0.15, 0.2) is 24.3 Å². The highest BCUT2D eigenvalue weighted by Gasteiger charge is 2.35. The van der Waals surface area contributed by atoms with Crippen molar-refractivity contribution in [1.82, 2.24) is 0 Å². The maximum absolute atomic E-state index is 12.2. The molecular weight excluding hydrogens is 406 g/mol. The predicted octanol–water partition coefficient (Wildman–Crippen LogP) is 2.26. The van der Waals surface area contributed by atoms with Crippen LogP contribution < -0.4 is 0 Å². The molecule has 0 atom stereocenters. The summed E-state index contributed by atoms with van der Waals surface area (Å²) >= 11 is 0. The lowest BCUT2D eigenvalue weighted by atomic mass is 10.4. The Labute approximate surface area is 157 Å². The molecule has 0 spiro atoms. The molecule has 11 nitrogen and oxygen atoms in total. The van der Waals surface area contributed by atoms with Gasteiger partial charge in [0.25, 0.3) is 0 Å². The lowest BCUT2D eigenvalue weighted by molar-refractivity contribution is -0.140. The fraction of sp³-hybridized carbons (Fsp3) is 0.571. The Balaban J connectivity index is 4.39. The summed E-state index contributed by atoms with van der Waals surface area (Å²) in [6.07, 6.45) is 0.125. The van der Waals surface area contributed by atoms with Gasteiger partial charge in [0, 0.05) is 24.0 Å². The van der Waals surface area contributed by atoms with Crippen molar-refractivity contribution in [2.45, 2.75) is 26.7 Å². The van der Waals surface area contributed by atoms with E-state index in [1.54, 1.807) is 0 Å². The van der Waals surface area contributed by atoms with E-state index in [4.69, 9.17) is 28.3 Å². The van der Waals surface area contributed by atoms with Crippen molar-refractivity contribution in [3.8, 4) is 0 Å². The second-order valence-corrected chi connectivity index (χ2v) is 8.27. The smallest absolute Gasteiger partial charge is 0.462 e. The Kier molecular flexibility index (Phi) is 11.6. The van der Waals surface area contributed by atoms with E-state index in [1.165, 1.54) is 13.8 Å². The summed E-state index contributed by atoms with van der Waals surface area (Å²) in [5.74, 6) is -1.24. The SMILES string of the molecule is C=C(C)C(=O)OCCCOP(=O)(OCCCOC(=O)C(=C)C)OP(=O)(O)O. The first-order valence-electron chi connectivity index (χ1n) is 7.67. The van der Waals surface area contributed by atoms with Crippen molar-refractivity contribution in [2.75, 3.05) is 26.4 Å². The summed E-state index contributed by atoms with van der Waals surface area (Å²) in [5, 5.41) is 0. The van der Waals surface area contributed by atoms with Crippen LogP contribution in [0, 0.1) is 0 Å². The normalized spacial score (nSPS) is 11.7. The van der Waals surface area contributed by atoms with Gasteiger partial charge in [-0.3, -0.25) is 9.05 Å². The lowest BCUT2D eigenvalue weighted by Gasteiger charge is -2.18. The van der Waals surface area contributed by atoms with Crippen LogP contribution in [0.4, 0.5) is 0 Å². The van der Waals surface area contributed by atoms with E-state index in [1.807, 2.05) is 0 Å². The summed E-state index contributed by atoms with van der Waals surface area (Å²) in [4.78, 5) is 40.0. The Morgan fingerprint density at radius 2 is 1.19 bits per heavy atom. The number of hydrogen-bond donors (Lipinski definition) is 2. The van der Waals surface area contributed by atoms with Crippen LogP contribution >= 0.6 is 15.6 Å². The summed E-state index contributed by atoms with van der Waals surface area (Å²) in [6.45, 7) is 8.85. The standard InChI is InChI=1S/C14H24O11P2/c1-11(2)13(15)21-7-5-9-23-27(20,25-26(17,18)19)24-10-6-8-22-14(16)12(3)4/h1,3,5-10H2,2,4H3,(H2,17,18,19). The van der Waals surface area contributed by atoms with Gasteiger partial charge in [0.2, 0.25) is 0 Å². The lowest BCUT2D eigenvalue weighted by Crippen LogP contribution is -2.10. The fourth-order valence-electron chi connectivity index (χ4n) is 1.26. The Morgan fingerprint density at radius 3 is 1.48 bits per heavy atom. The summed E-state index contributed by atoms with van der Waals surface area (Å²) in [7, 11) is -9.75. The van der Waals surface area contributed by atoms with E-state index in [0.29, 0.717) is 0 Å². The summed E-state index contributed by atoms with van der Waals surface area (Å²) < 4.78 is 46.4. The minimum absolute atomic E-state index is 0.0626.